The van der Waals surface area contributed by atoms with Crippen LogP contribution in [0.15, 0.2) is 55.0 Å². The maximum absolute atomic E-state index is 5.12. The molecule has 146 valence electrons. The Morgan fingerprint density at radius 1 is 1.07 bits per heavy atom. The summed E-state index contributed by atoms with van der Waals surface area (Å²) < 4.78 is 2.14. The van der Waals surface area contributed by atoms with E-state index in [0.717, 1.165) is 39.6 Å². The van der Waals surface area contributed by atoms with Gasteiger partial charge < -0.3 is 4.98 Å². The van der Waals surface area contributed by atoms with Crippen LogP contribution in [-0.2, 0) is 5.41 Å². The van der Waals surface area contributed by atoms with Gasteiger partial charge in [-0.15, -0.1) is 0 Å². The molecule has 29 heavy (non-hydrogen) atoms. The first-order chi connectivity index (χ1) is 13.9. The van der Waals surface area contributed by atoms with Gasteiger partial charge in [-0.25, -0.2) is 14.5 Å². The van der Waals surface area contributed by atoms with Crippen molar-refractivity contribution in [2.75, 3.05) is 0 Å². The van der Waals surface area contributed by atoms with Crippen molar-refractivity contribution in [1.82, 2.24) is 19.9 Å². The van der Waals surface area contributed by atoms with Crippen molar-refractivity contribution in [3.8, 4) is 17.2 Å². The third-order valence-corrected chi connectivity index (χ3v) is 6.40. The molecule has 4 aromatic rings. The highest BCUT2D eigenvalue weighted by Gasteiger charge is 2.55. The Morgan fingerprint density at radius 2 is 1.90 bits per heavy atom. The number of fused-ring (bicyclic) bond motifs is 1. The van der Waals surface area contributed by atoms with E-state index in [4.69, 9.17) is 9.97 Å². The molecule has 0 amide bonds. The Bertz CT molecular complexity index is 1210. The van der Waals surface area contributed by atoms with E-state index in [-0.39, 0.29) is 10.8 Å². The van der Waals surface area contributed by atoms with Crippen LogP contribution in [0.2, 0.25) is 0 Å². The zero-order valence-electron chi connectivity index (χ0n) is 17.4. The minimum atomic E-state index is 0.104. The number of pyridine rings is 2. The number of H-pyrrole nitrogens is 1. The number of nitrogens with one attached hydrogen (secondary N) is 1. The van der Waals surface area contributed by atoms with Gasteiger partial charge in [0.1, 0.15) is 11.3 Å². The zero-order valence-corrected chi connectivity index (χ0v) is 17.4. The summed E-state index contributed by atoms with van der Waals surface area (Å²) in [5.41, 5.74) is 4.41. The lowest BCUT2D eigenvalue weighted by atomic mass is 9.75. The fraction of sp³-hybridized carbons (Fsp3) is 0.333. The van der Waals surface area contributed by atoms with Crippen LogP contribution in [0.25, 0.3) is 28.2 Å². The van der Waals surface area contributed by atoms with Crippen LogP contribution < -0.4 is 4.57 Å². The number of nitrogens with zero attached hydrogens (tertiary/aromatic N) is 4. The van der Waals surface area contributed by atoms with Gasteiger partial charge in [0.25, 0.3) is 5.82 Å². The highest BCUT2D eigenvalue weighted by atomic mass is 15.1. The molecule has 1 aliphatic carbocycles. The second kappa shape index (κ2) is 6.21. The quantitative estimate of drug-likeness (QED) is 0.522. The molecule has 5 rings (SSSR count). The van der Waals surface area contributed by atoms with Gasteiger partial charge in [0, 0.05) is 23.2 Å². The molecule has 1 saturated carbocycles. The van der Waals surface area contributed by atoms with E-state index in [1.165, 1.54) is 12.8 Å². The molecule has 5 nitrogen and oxygen atoms in total. The molecule has 1 fully saturated rings. The van der Waals surface area contributed by atoms with Crippen molar-refractivity contribution < 1.29 is 4.57 Å². The number of aromatic amines is 1. The molecule has 0 spiro atoms. The van der Waals surface area contributed by atoms with Crippen LogP contribution >= 0.6 is 0 Å². The average molecular weight is 385 g/mol. The van der Waals surface area contributed by atoms with Gasteiger partial charge >= 0.3 is 5.82 Å². The first-order valence-electron chi connectivity index (χ1n) is 10.2. The topological polar surface area (TPSA) is 58.3 Å². The molecule has 4 aromatic heterocycles. The minimum absolute atomic E-state index is 0.104. The fourth-order valence-electron chi connectivity index (χ4n) is 4.38. The molecular weight excluding hydrogens is 358 g/mol. The summed E-state index contributed by atoms with van der Waals surface area (Å²) in [5.74, 6) is 1.68. The Labute approximate surface area is 170 Å². The van der Waals surface area contributed by atoms with Crippen LogP contribution in [-0.4, -0.2) is 19.9 Å². The number of hydrogen-bond acceptors (Lipinski definition) is 3. The highest BCUT2D eigenvalue weighted by Crippen LogP contribution is 2.59. The van der Waals surface area contributed by atoms with E-state index in [1.807, 2.05) is 30.6 Å². The van der Waals surface area contributed by atoms with Crippen LogP contribution in [0.3, 0.4) is 0 Å². The Morgan fingerprint density at radius 3 is 2.62 bits per heavy atom. The first-order valence-corrected chi connectivity index (χ1v) is 10.2. The summed E-state index contributed by atoms with van der Waals surface area (Å²) in [4.78, 5) is 17.7. The summed E-state index contributed by atoms with van der Waals surface area (Å²) >= 11 is 0. The van der Waals surface area contributed by atoms with Gasteiger partial charge in [0.05, 0.1) is 23.5 Å². The average Bonchev–Trinajstić information content (AvgIpc) is 3.39. The van der Waals surface area contributed by atoms with Crippen molar-refractivity contribution in [3.05, 3.63) is 66.4 Å². The van der Waals surface area contributed by atoms with Crippen molar-refractivity contribution >= 4 is 11.0 Å². The van der Waals surface area contributed by atoms with Gasteiger partial charge in [-0.05, 0) is 54.4 Å². The lowest BCUT2D eigenvalue weighted by Gasteiger charge is -2.30. The largest absolute Gasteiger partial charge is 0.346 e. The predicted octanol–water partition coefficient (Wildman–Crippen LogP) is 4.68. The molecule has 0 radical (unpaired) electrons. The van der Waals surface area contributed by atoms with Crippen molar-refractivity contribution in [3.63, 3.8) is 0 Å². The number of hydrogen-bond donors (Lipinski definition) is 1. The van der Waals surface area contributed by atoms with E-state index in [0.29, 0.717) is 0 Å². The fourth-order valence-corrected chi connectivity index (χ4v) is 4.38. The minimum Gasteiger partial charge on any atom is -0.346 e. The summed E-state index contributed by atoms with van der Waals surface area (Å²) in [5, 5.41) is 1.05. The second-order valence-corrected chi connectivity index (χ2v) is 9.08. The molecule has 0 atom stereocenters. The van der Waals surface area contributed by atoms with E-state index in [9.17, 15) is 0 Å². The molecule has 0 unspecified atom stereocenters. The predicted molar refractivity (Wildman–Crippen MR) is 114 cm³/mol. The highest BCUT2D eigenvalue weighted by molar-refractivity contribution is 5.90. The smallest absolute Gasteiger partial charge is 0.332 e. The Hall–Kier alpha value is -3.08. The lowest BCUT2D eigenvalue weighted by molar-refractivity contribution is -0.606. The molecule has 0 saturated heterocycles. The van der Waals surface area contributed by atoms with Gasteiger partial charge in [0.15, 0.2) is 0 Å². The Kier molecular flexibility index (Phi) is 3.85. The number of aromatic nitrogens is 5. The van der Waals surface area contributed by atoms with Gasteiger partial charge in [-0.2, -0.15) is 0 Å². The van der Waals surface area contributed by atoms with E-state index < -0.39 is 0 Å². The van der Waals surface area contributed by atoms with Gasteiger partial charge in [0.2, 0.25) is 0 Å². The van der Waals surface area contributed by atoms with Gasteiger partial charge in [-0.1, -0.05) is 26.8 Å². The molecule has 1 N–H and O–H groups in total. The standard InChI is InChI=1S/C24H26N5/c1-16-7-5-6-14-29(16)20-15-19(24(10-11-24)23(2,3)4)27-22(28-20)18-9-13-26-21-17(18)8-12-25-21/h5-9,12-15H,10-11H2,1-4H3,(H,25,26)/q+1. The Balaban J connectivity index is 1.78. The van der Waals surface area contributed by atoms with Gasteiger partial charge in [-0.3, -0.25) is 0 Å². The first kappa shape index (κ1) is 18.0. The van der Waals surface area contributed by atoms with E-state index >= 15 is 0 Å². The third-order valence-electron chi connectivity index (χ3n) is 6.40. The number of aryl methyl sites for hydroxylation is 1. The van der Waals surface area contributed by atoms with E-state index in [2.05, 4.69) is 66.6 Å². The summed E-state index contributed by atoms with van der Waals surface area (Å²) in [6.07, 6.45) is 8.14. The maximum Gasteiger partial charge on any atom is 0.332 e. The molecule has 4 heterocycles. The third kappa shape index (κ3) is 2.84. The van der Waals surface area contributed by atoms with E-state index in [1.54, 1.807) is 0 Å². The molecule has 0 aliphatic heterocycles. The van der Waals surface area contributed by atoms with Crippen LogP contribution in [0.4, 0.5) is 0 Å². The van der Waals surface area contributed by atoms with Crippen molar-refractivity contribution in [2.24, 2.45) is 5.41 Å². The normalized spacial score (nSPS) is 15.6. The monoisotopic (exact) mass is 384 g/mol. The van der Waals surface area contributed by atoms with Crippen LogP contribution in [0, 0.1) is 12.3 Å². The SMILES string of the molecule is Cc1cccc[n+]1-c1cc(C2(C(C)(C)C)CC2)nc(-c2ccnc3[nH]ccc23)n1. The summed E-state index contributed by atoms with van der Waals surface area (Å²) in [6, 6.07) is 12.4. The summed E-state index contributed by atoms with van der Waals surface area (Å²) in [7, 11) is 0. The molecule has 0 bridgehead atoms. The second-order valence-electron chi connectivity index (χ2n) is 9.08. The van der Waals surface area contributed by atoms with Crippen molar-refractivity contribution in [1.29, 1.82) is 0 Å². The molecule has 0 aromatic carbocycles. The number of rotatable bonds is 3. The van der Waals surface area contributed by atoms with Crippen molar-refractivity contribution in [2.45, 2.75) is 46.0 Å². The maximum atomic E-state index is 5.12. The molecular formula is C24H26N5+. The molecule has 1 aliphatic rings. The lowest BCUT2D eigenvalue weighted by Crippen LogP contribution is -2.36. The summed E-state index contributed by atoms with van der Waals surface area (Å²) in [6.45, 7) is 9.06. The molecule has 5 heteroatoms. The van der Waals surface area contributed by atoms with Crippen LogP contribution in [0.5, 0.6) is 0 Å². The van der Waals surface area contributed by atoms with Crippen LogP contribution in [0.1, 0.15) is 45.0 Å². The zero-order chi connectivity index (χ0) is 20.2.